The van der Waals surface area contributed by atoms with Crippen molar-refractivity contribution in [2.75, 3.05) is 0 Å². The lowest BCUT2D eigenvalue weighted by molar-refractivity contribution is -0.219. The molecule has 1 N–H and O–H groups in total. The predicted octanol–water partition coefficient (Wildman–Crippen LogP) is 7.88. The van der Waals surface area contributed by atoms with Crippen LogP contribution < -0.4 is 0 Å². The second-order valence-corrected chi connectivity index (χ2v) is 14.8. The van der Waals surface area contributed by atoms with Crippen molar-refractivity contribution in [2.45, 2.75) is 113 Å². The van der Waals surface area contributed by atoms with Gasteiger partial charge in [0.05, 0.1) is 6.10 Å². The Hall–Kier alpha value is -0.300. The van der Waals surface area contributed by atoms with Crippen molar-refractivity contribution in [3.8, 4) is 0 Å². The average Bonchev–Trinajstić information content (AvgIpc) is 2.69. The molecule has 0 amide bonds. The van der Waals surface area contributed by atoms with Gasteiger partial charge in [0.25, 0.3) is 0 Å². The van der Waals surface area contributed by atoms with Crippen LogP contribution in [0.3, 0.4) is 0 Å². The first kappa shape index (κ1) is 22.5. The molecule has 31 heavy (non-hydrogen) atoms. The summed E-state index contributed by atoms with van der Waals surface area (Å²) in [5, 5.41) is 10.9. The quantitative estimate of drug-likeness (QED) is 0.390. The van der Waals surface area contributed by atoms with Crippen LogP contribution in [0.1, 0.15) is 107 Å². The summed E-state index contributed by atoms with van der Waals surface area (Å²) >= 11 is 0. The Morgan fingerprint density at radius 1 is 0.742 bits per heavy atom. The fourth-order valence-corrected chi connectivity index (χ4v) is 10.9. The lowest BCUT2D eigenvalue weighted by atomic mass is 9.32. The van der Waals surface area contributed by atoms with Crippen molar-refractivity contribution < 1.29 is 5.11 Å². The van der Waals surface area contributed by atoms with Gasteiger partial charge in [0.15, 0.2) is 0 Å². The fourth-order valence-electron chi connectivity index (χ4n) is 10.9. The summed E-state index contributed by atoms with van der Waals surface area (Å²) in [4.78, 5) is 0. The Morgan fingerprint density at radius 3 is 2.16 bits per heavy atom. The van der Waals surface area contributed by atoms with Gasteiger partial charge < -0.3 is 5.11 Å². The summed E-state index contributed by atoms with van der Waals surface area (Å²) in [6, 6.07) is 0. The van der Waals surface area contributed by atoms with E-state index in [9.17, 15) is 5.11 Å². The summed E-state index contributed by atoms with van der Waals surface area (Å²) < 4.78 is 0. The summed E-state index contributed by atoms with van der Waals surface area (Å²) in [5.74, 6) is 4.59. The number of hydrogen-bond donors (Lipinski definition) is 1. The number of hydrogen-bond acceptors (Lipinski definition) is 1. The van der Waals surface area contributed by atoms with E-state index in [1.807, 2.05) is 0 Å². The van der Waals surface area contributed by atoms with Crippen molar-refractivity contribution in [3.63, 3.8) is 0 Å². The molecule has 0 aromatic carbocycles. The first-order chi connectivity index (χ1) is 14.3. The van der Waals surface area contributed by atoms with Gasteiger partial charge in [0, 0.05) is 0 Å². The second-order valence-electron chi connectivity index (χ2n) is 14.8. The summed E-state index contributed by atoms with van der Waals surface area (Å²) in [6.45, 7) is 20.5. The Kier molecular flexibility index (Phi) is 4.82. The molecule has 0 spiro atoms. The summed E-state index contributed by atoms with van der Waals surface area (Å²) in [7, 11) is 0. The number of aliphatic hydroxyl groups is 1. The smallest absolute Gasteiger partial charge is 0.0594 e. The van der Waals surface area contributed by atoms with E-state index in [0.29, 0.717) is 33.5 Å². The van der Waals surface area contributed by atoms with Crippen LogP contribution in [0.25, 0.3) is 0 Å². The zero-order valence-corrected chi connectivity index (χ0v) is 21.8. The number of fused-ring (bicyclic) bond motifs is 7. The van der Waals surface area contributed by atoms with Crippen LogP contribution in [0.5, 0.6) is 0 Å². The highest BCUT2D eigenvalue weighted by Crippen LogP contribution is 2.75. The maximum atomic E-state index is 10.9. The molecular formula is C30H50O. The molecule has 5 rings (SSSR count). The Bertz CT molecular complexity index is 766. The zero-order chi connectivity index (χ0) is 22.6. The first-order valence-corrected chi connectivity index (χ1v) is 13.7. The van der Waals surface area contributed by atoms with Crippen molar-refractivity contribution in [1.82, 2.24) is 0 Å². The molecule has 1 nitrogen and oxygen atoms in total. The van der Waals surface area contributed by atoms with E-state index in [1.165, 1.54) is 44.9 Å². The number of rotatable bonds is 0. The van der Waals surface area contributed by atoms with Crippen molar-refractivity contribution in [1.29, 1.82) is 0 Å². The summed E-state index contributed by atoms with van der Waals surface area (Å²) in [5.41, 5.74) is 1.71. The molecule has 0 aromatic heterocycles. The summed E-state index contributed by atoms with van der Waals surface area (Å²) in [6.07, 6.45) is 15.9. The maximum absolute atomic E-state index is 10.9. The highest BCUT2D eigenvalue weighted by Gasteiger charge is 2.68. The lowest BCUT2D eigenvalue weighted by Crippen LogP contribution is -2.66. The third-order valence-electron chi connectivity index (χ3n) is 13.5. The highest BCUT2D eigenvalue weighted by molar-refractivity contribution is 5.26. The van der Waals surface area contributed by atoms with Gasteiger partial charge in [-0.2, -0.15) is 0 Å². The van der Waals surface area contributed by atoms with Crippen LogP contribution in [0.2, 0.25) is 0 Å². The Labute approximate surface area is 192 Å². The Morgan fingerprint density at radius 2 is 1.45 bits per heavy atom. The molecule has 5 aliphatic rings. The molecule has 4 saturated carbocycles. The Balaban J connectivity index is 1.59. The zero-order valence-electron chi connectivity index (χ0n) is 21.8. The van der Waals surface area contributed by atoms with E-state index in [4.69, 9.17) is 0 Å². The monoisotopic (exact) mass is 426 g/mol. The van der Waals surface area contributed by atoms with Crippen molar-refractivity contribution >= 4 is 0 Å². The molecule has 0 bridgehead atoms. The molecule has 4 fully saturated rings. The second kappa shape index (κ2) is 6.64. The standard InChI is InChI=1S/C30H50O/c1-19-11-14-27(5)17-18-29(7)21(25(27)20(19)2)9-10-23-28(6)15-13-24(31)26(3,4)22(28)12-16-30(23,29)8/h9-10,19-25,31H,11-18H2,1-8H3/t19-,20+,21-,22+,23-,24+,25+,27-,28+,29-,30-/m1/s1. The van der Waals surface area contributed by atoms with Crippen LogP contribution in [0.15, 0.2) is 12.2 Å². The van der Waals surface area contributed by atoms with E-state index in [-0.39, 0.29) is 11.5 Å². The van der Waals surface area contributed by atoms with E-state index in [1.54, 1.807) is 0 Å². The minimum atomic E-state index is -0.134. The molecule has 0 unspecified atom stereocenters. The van der Waals surface area contributed by atoms with Gasteiger partial charge in [-0.15, -0.1) is 0 Å². The molecule has 5 aliphatic carbocycles. The van der Waals surface area contributed by atoms with Gasteiger partial charge in [-0.3, -0.25) is 0 Å². The molecule has 0 aliphatic heterocycles. The van der Waals surface area contributed by atoms with E-state index in [0.717, 1.165) is 30.1 Å². The van der Waals surface area contributed by atoms with Crippen LogP contribution in [-0.4, -0.2) is 11.2 Å². The molecule has 0 radical (unpaired) electrons. The van der Waals surface area contributed by atoms with Gasteiger partial charge in [-0.25, -0.2) is 0 Å². The van der Waals surface area contributed by atoms with Crippen LogP contribution >= 0.6 is 0 Å². The maximum Gasteiger partial charge on any atom is 0.0594 e. The average molecular weight is 427 g/mol. The minimum Gasteiger partial charge on any atom is -0.393 e. The SMILES string of the molecule is C[C@@H]1[C@H]2[C@H]3C=C[C@@H]4[C@@]5(C)CC[C@H](O)C(C)(C)[C@@H]5CC[C@@]4(C)[C@]3(C)CC[C@@]2(C)CC[C@H]1C. The minimum absolute atomic E-state index is 0.0401. The normalized spacial score (nSPS) is 60.4. The van der Waals surface area contributed by atoms with Gasteiger partial charge in [-0.1, -0.05) is 67.5 Å². The van der Waals surface area contributed by atoms with Crippen molar-refractivity contribution in [3.05, 3.63) is 12.2 Å². The molecular weight excluding hydrogens is 376 g/mol. The van der Waals surface area contributed by atoms with Gasteiger partial charge in [-0.05, 0) is 114 Å². The molecule has 0 saturated heterocycles. The first-order valence-electron chi connectivity index (χ1n) is 13.7. The van der Waals surface area contributed by atoms with Gasteiger partial charge >= 0.3 is 0 Å². The van der Waals surface area contributed by atoms with E-state index >= 15 is 0 Å². The van der Waals surface area contributed by atoms with Gasteiger partial charge in [0.1, 0.15) is 0 Å². The van der Waals surface area contributed by atoms with Gasteiger partial charge in [0.2, 0.25) is 0 Å². The van der Waals surface area contributed by atoms with Crippen LogP contribution in [-0.2, 0) is 0 Å². The topological polar surface area (TPSA) is 20.2 Å². The third kappa shape index (κ3) is 2.65. The lowest BCUT2D eigenvalue weighted by Gasteiger charge is -2.72. The van der Waals surface area contributed by atoms with Crippen molar-refractivity contribution in [2.24, 2.45) is 62.6 Å². The van der Waals surface area contributed by atoms with Crippen LogP contribution in [0, 0.1) is 62.6 Å². The molecule has 1 heteroatoms. The number of allylic oxidation sites excluding steroid dienone is 2. The molecule has 11 atom stereocenters. The molecule has 0 aromatic rings. The van der Waals surface area contributed by atoms with E-state index < -0.39 is 0 Å². The number of aliphatic hydroxyl groups excluding tert-OH is 1. The molecule has 0 heterocycles. The van der Waals surface area contributed by atoms with E-state index in [2.05, 4.69) is 67.5 Å². The fraction of sp³-hybridized carbons (Fsp3) is 0.933. The van der Waals surface area contributed by atoms with Crippen LogP contribution in [0.4, 0.5) is 0 Å². The molecule has 176 valence electrons. The third-order valence-corrected chi connectivity index (χ3v) is 13.5. The largest absolute Gasteiger partial charge is 0.393 e. The predicted molar refractivity (Wildman–Crippen MR) is 131 cm³/mol. The highest BCUT2D eigenvalue weighted by atomic mass is 16.3.